The summed E-state index contributed by atoms with van der Waals surface area (Å²) in [6, 6.07) is 11.4. The number of hydrogen-bond donors (Lipinski definition) is 2. The summed E-state index contributed by atoms with van der Waals surface area (Å²) in [5.74, 6) is 6.52. The Bertz CT molecular complexity index is 548. The van der Waals surface area contributed by atoms with Crippen LogP contribution in [0.4, 0.5) is 0 Å². The molecule has 0 radical (unpaired) electrons. The highest BCUT2D eigenvalue weighted by Gasteiger charge is 2.20. The van der Waals surface area contributed by atoms with E-state index in [4.69, 9.17) is 10.6 Å². The standard InChI is InChI=1S/C14H16BrN3O/c1-2-19-12-8-4-3-6-10(12)13(18-16)14-11(15)7-5-9-17-14/h3-9,13,18H,2,16H2,1H3. The fourth-order valence-electron chi connectivity index (χ4n) is 1.93. The summed E-state index contributed by atoms with van der Waals surface area (Å²) >= 11 is 3.50. The first-order chi connectivity index (χ1) is 9.27. The van der Waals surface area contributed by atoms with Crippen molar-refractivity contribution < 1.29 is 4.74 Å². The summed E-state index contributed by atoms with van der Waals surface area (Å²) in [5, 5.41) is 0. The number of benzene rings is 1. The molecular formula is C14H16BrN3O. The van der Waals surface area contributed by atoms with Crippen LogP contribution in [0.2, 0.25) is 0 Å². The monoisotopic (exact) mass is 321 g/mol. The van der Waals surface area contributed by atoms with Gasteiger partial charge in [-0.15, -0.1) is 0 Å². The van der Waals surface area contributed by atoms with E-state index in [-0.39, 0.29) is 6.04 Å². The Balaban J connectivity index is 2.45. The van der Waals surface area contributed by atoms with E-state index in [2.05, 4.69) is 26.3 Å². The highest BCUT2D eigenvalue weighted by Crippen LogP contribution is 2.31. The maximum atomic E-state index is 5.70. The van der Waals surface area contributed by atoms with Gasteiger partial charge < -0.3 is 4.74 Å². The molecule has 3 N–H and O–H groups in total. The van der Waals surface area contributed by atoms with Crippen LogP contribution < -0.4 is 16.0 Å². The van der Waals surface area contributed by atoms with E-state index in [1.807, 2.05) is 43.3 Å². The molecule has 2 rings (SSSR count). The first kappa shape index (κ1) is 14.0. The zero-order valence-corrected chi connectivity index (χ0v) is 12.2. The fourth-order valence-corrected chi connectivity index (χ4v) is 2.42. The lowest BCUT2D eigenvalue weighted by molar-refractivity contribution is 0.333. The Labute approximate surface area is 121 Å². The van der Waals surface area contributed by atoms with E-state index < -0.39 is 0 Å². The molecule has 0 saturated carbocycles. The summed E-state index contributed by atoms with van der Waals surface area (Å²) in [6.45, 7) is 2.57. The van der Waals surface area contributed by atoms with Gasteiger partial charge in [0.15, 0.2) is 0 Å². The number of nitrogens with zero attached hydrogens (tertiary/aromatic N) is 1. The maximum absolute atomic E-state index is 5.70. The van der Waals surface area contributed by atoms with Crippen LogP contribution in [0.15, 0.2) is 47.1 Å². The summed E-state index contributed by atoms with van der Waals surface area (Å²) in [7, 11) is 0. The smallest absolute Gasteiger partial charge is 0.124 e. The normalized spacial score (nSPS) is 12.2. The Morgan fingerprint density at radius 2 is 2.11 bits per heavy atom. The topological polar surface area (TPSA) is 60.2 Å². The largest absolute Gasteiger partial charge is 0.494 e. The van der Waals surface area contributed by atoms with Gasteiger partial charge in [-0.3, -0.25) is 10.8 Å². The first-order valence-electron chi connectivity index (χ1n) is 6.06. The number of pyridine rings is 1. The average Bonchev–Trinajstić information content (AvgIpc) is 2.44. The number of ether oxygens (including phenoxy) is 1. The number of para-hydroxylation sites is 1. The predicted molar refractivity (Wildman–Crippen MR) is 78.7 cm³/mol. The van der Waals surface area contributed by atoms with Crippen molar-refractivity contribution in [3.05, 3.63) is 58.3 Å². The lowest BCUT2D eigenvalue weighted by Crippen LogP contribution is -2.30. The molecule has 0 aliphatic heterocycles. The molecule has 1 atom stereocenters. The molecule has 100 valence electrons. The van der Waals surface area contributed by atoms with Gasteiger partial charge in [0.25, 0.3) is 0 Å². The average molecular weight is 322 g/mol. The molecular weight excluding hydrogens is 306 g/mol. The van der Waals surface area contributed by atoms with Gasteiger partial charge in [0, 0.05) is 16.2 Å². The molecule has 1 aromatic heterocycles. The van der Waals surface area contributed by atoms with E-state index in [0.29, 0.717) is 6.61 Å². The Kier molecular flexibility index (Phi) is 4.90. The van der Waals surface area contributed by atoms with E-state index >= 15 is 0 Å². The number of hydrogen-bond acceptors (Lipinski definition) is 4. The lowest BCUT2D eigenvalue weighted by Gasteiger charge is -2.20. The van der Waals surface area contributed by atoms with Gasteiger partial charge in [0.2, 0.25) is 0 Å². The Hall–Kier alpha value is -1.43. The molecule has 0 bridgehead atoms. The van der Waals surface area contributed by atoms with Crippen LogP contribution in [-0.2, 0) is 0 Å². The molecule has 1 heterocycles. The molecule has 2 aromatic rings. The van der Waals surface area contributed by atoms with Crippen LogP contribution >= 0.6 is 15.9 Å². The first-order valence-corrected chi connectivity index (χ1v) is 6.85. The van der Waals surface area contributed by atoms with E-state index in [1.165, 1.54) is 0 Å². The molecule has 1 unspecified atom stereocenters. The van der Waals surface area contributed by atoms with Crippen molar-refractivity contribution in [3.63, 3.8) is 0 Å². The molecule has 0 aliphatic rings. The zero-order chi connectivity index (χ0) is 13.7. The second-order valence-corrected chi connectivity index (χ2v) is 4.80. The third-order valence-corrected chi connectivity index (χ3v) is 3.43. The van der Waals surface area contributed by atoms with E-state index in [9.17, 15) is 0 Å². The molecule has 0 aliphatic carbocycles. The van der Waals surface area contributed by atoms with E-state index in [1.54, 1.807) is 6.20 Å². The molecule has 1 aromatic carbocycles. The van der Waals surface area contributed by atoms with Crippen LogP contribution in [0.3, 0.4) is 0 Å². The molecule has 0 amide bonds. The minimum absolute atomic E-state index is 0.224. The van der Waals surface area contributed by atoms with Crippen molar-refractivity contribution in [1.29, 1.82) is 0 Å². The second kappa shape index (κ2) is 6.65. The maximum Gasteiger partial charge on any atom is 0.124 e. The van der Waals surface area contributed by atoms with Gasteiger partial charge >= 0.3 is 0 Å². The Morgan fingerprint density at radius 3 is 2.79 bits per heavy atom. The summed E-state index contributed by atoms with van der Waals surface area (Å²) in [5.41, 5.74) is 4.60. The minimum atomic E-state index is -0.224. The van der Waals surface area contributed by atoms with Crippen molar-refractivity contribution in [2.24, 2.45) is 5.84 Å². The van der Waals surface area contributed by atoms with Gasteiger partial charge in [-0.1, -0.05) is 18.2 Å². The van der Waals surface area contributed by atoms with Crippen molar-refractivity contribution in [3.8, 4) is 5.75 Å². The minimum Gasteiger partial charge on any atom is -0.494 e. The van der Waals surface area contributed by atoms with Crippen LogP contribution in [0.5, 0.6) is 5.75 Å². The highest BCUT2D eigenvalue weighted by atomic mass is 79.9. The molecule has 4 nitrogen and oxygen atoms in total. The molecule has 0 fully saturated rings. The predicted octanol–water partition coefficient (Wildman–Crippen LogP) is 2.80. The van der Waals surface area contributed by atoms with E-state index in [0.717, 1.165) is 21.5 Å². The number of hydrazine groups is 1. The van der Waals surface area contributed by atoms with Crippen LogP contribution in [0.1, 0.15) is 24.2 Å². The number of rotatable bonds is 5. The molecule has 0 spiro atoms. The van der Waals surface area contributed by atoms with Crippen LogP contribution in [0.25, 0.3) is 0 Å². The van der Waals surface area contributed by atoms with Crippen molar-refractivity contribution >= 4 is 15.9 Å². The molecule has 0 saturated heterocycles. The number of halogens is 1. The zero-order valence-electron chi connectivity index (χ0n) is 10.6. The number of aromatic nitrogens is 1. The van der Waals surface area contributed by atoms with Crippen molar-refractivity contribution in [2.45, 2.75) is 13.0 Å². The molecule has 5 heteroatoms. The summed E-state index contributed by atoms with van der Waals surface area (Å²) in [4.78, 5) is 4.38. The van der Waals surface area contributed by atoms with Gasteiger partial charge in [-0.2, -0.15) is 0 Å². The molecule has 19 heavy (non-hydrogen) atoms. The highest BCUT2D eigenvalue weighted by molar-refractivity contribution is 9.10. The van der Waals surface area contributed by atoms with Gasteiger partial charge in [-0.05, 0) is 41.1 Å². The third kappa shape index (κ3) is 3.12. The van der Waals surface area contributed by atoms with Crippen molar-refractivity contribution in [1.82, 2.24) is 10.4 Å². The lowest BCUT2D eigenvalue weighted by atomic mass is 10.0. The summed E-state index contributed by atoms with van der Waals surface area (Å²) in [6.07, 6.45) is 1.74. The van der Waals surface area contributed by atoms with Crippen LogP contribution in [0, 0.1) is 0 Å². The number of nitrogens with one attached hydrogen (secondary N) is 1. The Morgan fingerprint density at radius 1 is 1.32 bits per heavy atom. The van der Waals surface area contributed by atoms with Crippen LogP contribution in [-0.4, -0.2) is 11.6 Å². The second-order valence-electron chi connectivity index (χ2n) is 3.94. The fraction of sp³-hybridized carbons (Fsp3) is 0.214. The third-order valence-electron chi connectivity index (χ3n) is 2.76. The SMILES string of the molecule is CCOc1ccccc1C(NN)c1ncccc1Br. The van der Waals surface area contributed by atoms with Gasteiger partial charge in [-0.25, -0.2) is 5.43 Å². The quantitative estimate of drug-likeness (QED) is 0.656. The van der Waals surface area contributed by atoms with Crippen molar-refractivity contribution in [2.75, 3.05) is 6.61 Å². The summed E-state index contributed by atoms with van der Waals surface area (Å²) < 4.78 is 6.55. The number of nitrogens with two attached hydrogens (primary N) is 1. The van der Waals surface area contributed by atoms with Gasteiger partial charge in [0.05, 0.1) is 18.3 Å². The van der Waals surface area contributed by atoms with Gasteiger partial charge in [0.1, 0.15) is 5.75 Å².